The van der Waals surface area contributed by atoms with E-state index in [4.69, 9.17) is 11.5 Å². The molecule has 0 spiro atoms. The summed E-state index contributed by atoms with van der Waals surface area (Å²) in [6.07, 6.45) is 0. The molecule has 3 aromatic rings. The molecule has 0 amide bonds. The Balaban J connectivity index is 1.74. The predicted molar refractivity (Wildman–Crippen MR) is 91.9 cm³/mol. The van der Waals surface area contributed by atoms with Crippen molar-refractivity contribution in [2.75, 3.05) is 23.3 Å². The van der Waals surface area contributed by atoms with Crippen LogP contribution in [0.3, 0.4) is 0 Å². The minimum Gasteiger partial charge on any atom is -0.506 e. The Labute approximate surface area is 131 Å². The van der Waals surface area contributed by atoms with Gasteiger partial charge in [0.25, 0.3) is 0 Å². The van der Waals surface area contributed by atoms with Gasteiger partial charge in [0.15, 0.2) is 5.13 Å². The molecule has 0 saturated heterocycles. The van der Waals surface area contributed by atoms with Crippen molar-refractivity contribution < 1.29 is 5.11 Å². The van der Waals surface area contributed by atoms with E-state index in [0.29, 0.717) is 22.9 Å². The molecular formula is C16H14N4OS. The van der Waals surface area contributed by atoms with Gasteiger partial charge >= 0.3 is 0 Å². The number of hydrogen-bond donors (Lipinski definition) is 4. The second-order valence-corrected chi connectivity index (χ2v) is 5.74. The Hall–Kier alpha value is -2.91. The van der Waals surface area contributed by atoms with Crippen LogP contribution in [0.4, 0.5) is 16.5 Å². The van der Waals surface area contributed by atoms with Gasteiger partial charge in [0.1, 0.15) is 11.3 Å². The molecule has 3 rings (SSSR count). The van der Waals surface area contributed by atoms with Crippen molar-refractivity contribution in [1.82, 2.24) is 4.98 Å². The Morgan fingerprint density at radius 2 is 2.09 bits per heavy atom. The number of nitrogens with one attached hydrogen (secondary N) is 1. The van der Waals surface area contributed by atoms with Crippen LogP contribution >= 0.6 is 11.3 Å². The molecule has 0 aliphatic carbocycles. The van der Waals surface area contributed by atoms with E-state index in [0.717, 1.165) is 16.0 Å². The number of rotatable bonds is 2. The highest BCUT2D eigenvalue weighted by Gasteiger charge is 2.07. The Morgan fingerprint density at radius 1 is 1.23 bits per heavy atom. The van der Waals surface area contributed by atoms with E-state index in [9.17, 15) is 5.11 Å². The summed E-state index contributed by atoms with van der Waals surface area (Å²) in [4.78, 5) is 4.07. The van der Waals surface area contributed by atoms with Crippen LogP contribution in [0.2, 0.25) is 0 Å². The molecular weight excluding hydrogens is 296 g/mol. The first-order valence-corrected chi connectivity index (χ1v) is 7.41. The van der Waals surface area contributed by atoms with Crippen LogP contribution < -0.4 is 16.8 Å². The first-order chi connectivity index (χ1) is 10.6. The zero-order valence-corrected chi connectivity index (χ0v) is 12.4. The predicted octanol–water partition coefficient (Wildman–Crippen LogP) is 2.63. The summed E-state index contributed by atoms with van der Waals surface area (Å²) >= 11 is 1.33. The largest absolute Gasteiger partial charge is 0.506 e. The van der Waals surface area contributed by atoms with Crippen molar-refractivity contribution in [3.8, 4) is 17.6 Å². The number of aromatic hydroxyl groups is 1. The summed E-state index contributed by atoms with van der Waals surface area (Å²) in [5, 5.41) is 13.5. The van der Waals surface area contributed by atoms with Crippen molar-refractivity contribution in [2.45, 2.75) is 0 Å². The van der Waals surface area contributed by atoms with E-state index in [1.807, 2.05) is 30.3 Å². The van der Waals surface area contributed by atoms with Gasteiger partial charge < -0.3 is 21.9 Å². The highest BCUT2D eigenvalue weighted by Crippen LogP contribution is 2.31. The van der Waals surface area contributed by atoms with Crippen molar-refractivity contribution in [1.29, 1.82) is 0 Å². The van der Waals surface area contributed by atoms with Crippen molar-refractivity contribution in [2.24, 2.45) is 0 Å². The molecule has 6 N–H and O–H groups in total. The lowest BCUT2D eigenvalue weighted by Gasteiger charge is -2.02. The standard InChI is InChI=1S/C16H14N4OS/c17-11-4-1-5-12(9-11)19-6-2-3-10-7-13(21)15-14(8-10)22-16(18)20-15/h1,4-5,7-9,19,21H,6,17H2,(H2,18,20). The SMILES string of the molecule is Nc1cccc(NCC#Cc2cc(O)c3nc(N)sc3c2)c1. The quantitative estimate of drug-likeness (QED) is 0.431. The molecule has 0 bridgehead atoms. The molecule has 2 aromatic carbocycles. The van der Waals surface area contributed by atoms with Crippen molar-refractivity contribution in [3.05, 3.63) is 42.0 Å². The molecule has 0 radical (unpaired) electrons. The Kier molecular flexibility index (Phi) is 3.73. The minimum atomic E-state index is 0.0959. The summed E-state index contributed by atoms with van der Waals surface area (Å²) in [5.41, 5.74) is 14.2. The van der Waals surface area contributed by atoms with E-state index in [2.05, 4.69) is 22.1 Å². The van der Waals surface area contributed by atoms with Gasteiger partial charge in [-0.1, -0.05) is 29.2 Å². The molecule has 5 nitrogen and oxygen atoms in total. The third-order valence-electron chi connectivity index (χ3n) is 2.99. The number of benzene rings is 2. The normalized spacial score (nSPS) is 10.2. The Bertz CT molecular complexity index is 892. The average molecular weight is 310 g/mol. The highest BCUT2D eigenvalue weighted by atomic mass is 32.1. The van der Waals surface area contributed by atoms with E-state index in [-0.39, 0.29) is 5.75 Å². The fraction of sp³-hybridized carbons (Fsp3) is 0.0625. The molecule has 1 aromatic heterocycles. The van der Waals surface area contributed by atoms with Gasteiger partial charge in [0.05, 0.1) is 11.2 Å². The zero-order valence-electron chi connectivity index (χ0n) is 11.6. The van der Waals surface area contributed by atoms with E-state index < -0.39 is 0 Å². The van der Waals surface area contributed by atoms with E-state index in [1.54, 1.807) is 6.07 Å². The molecule has 22 heavy (non-hydrogen) atoms. The lowest BCUT2D eigenvalue weighted by atomic mass is 10.2. The second-order valence-electron chi connectivity index (χ2n) is 4.68. The number of phenols is 1. The molecule has 0 fully saturated rings. The third-order valence-corrected chi connectivity index (χ3v) is 3.82. The summed E-state index contributed by atoms with van der Waals surface area (Å²) < 4.78 is 0.825. The number of aromatic nitrogens is 1. The molecule has 6 heteroatoms. The van der Waals surface area contributed by atoms with Gasteiger partial charge in [-0.15, -0.1) is 0 Å². The minimum absolute atomic E-state index is 0.0959. The van der Waals surface area contributed by atoms with Gasteiger partial charge in [0.2, 0.25) is 0 Å². The van der Waals surface area contributed by atoms with E-state index in [1.165, 1.54) is 11.3 Å². The highest BCUT2D eigenvalue weighted by molar-refractivity contribution is 7.22. The van der Waals surface area contributed by atoms with Crippen molar-refractivity contribution in [3.63, 3.8) is 0 Å². The summed E-state index contributed by atoms with van der Waals surface area (Å²) in [6.45, 7) is 0.479. The van der Waals surface area contributed by atoms with Crippen LogP contribution in [0.25, 0.3) is 10.2 Å². The zero-order chi connectivity index (χ0) is 15.5. The second kappa shape index (κ2) is 5.84. The Morgan fingerprint density at radius 3 is 2.91 bits per heavy atom. The van der Waals surface area contributed by atoms with Crippen molar-refractivity contribution >= 4 is 38.1 Å². The molecule has 0 saturated carbocycles. The topological polar surface area (TPSA) is 97.2 Å². The lowest BCUT2D eigenvalue weighted by molar-refractivity contribution is 0.480. The third kappa shape index (κ3) is 3.05. The number of phenolic OH excluding ortho intramolecular Hbond substituents is 1. The van der Waals surface area contributed by atoms with Gasteiger partial charge in [0, 0.05) is 16.9 Å². The smallest absolute Gasteiger partial charge is 0.181 e. The van der Waals surface area contributed by atoms with Gasteiger partial charge in [-0.05, 0) is 30.3 Å². The molecule has 1 heterocycles. The number of thiazole rings is 1. The van der Waals surface area contributed by atoms with E-state index >= 15 is 0 Å². The van der Waals surface area contributed by atoms with Gasteiger partial charge in [-0.2, -0.15) is 0 Å². The van der Waals surface area contributed by atoms with Crippen LogP contribution in [0.1, 0.15) is 5.56 Å². The van der Waals surface area contributed by atoms with Crippen LogP contribution in [0.15, 0.2) is 36.4 Å². The summed E-state index contributed by atoms with van der Waals surface area (Å²) in [6, 6.07) is 10.9. The fourth-order valence-electron chi connectivity index (χ4n) is 2.04. The number of nitrogens with two attached hydrogens (primary N) is 2. The first-order valence-electron chi connectivity index (χ1n) is 6.59. The first kappa shape index (κ1) is 14.0. The molecule has 0 aliphatic heterocycles. The van der Waals surface area contributed by atoms with Crippen LogP contribution in [0.5, 0.6) is 5.75 Å². The number of nitrogen functional groups attached to an aromatic ring is 2. The van der Waals surface area contributed by atoms with Crippen LogP contribution in [-0.2, 0) is 0 Å². The molecule has 0 atom stereocenters. The lowest BCUT2D eigenvalue weighted by Crippen LogP contribution is -1.99. The molecule has 0 aliphatic rings. The van der Waals surface area contributed by atoms with Gasteiger partial charge in [-0.25, -0.2) is 4.98 Å². The average Bonchev–Trinajstić information content (AvgIpc) is 2.85. The number of anilines is 3. The van der Waals surface area contributed by atoms with Crippen LogP contribution in [-0.4, -0.2) is 16.6 Å². The number of nitrogens with zero attached hydrogens (tertiary/aromatic N) is 1. The molecule has 110 valence electrons. The maximum Gasteiger partial charge on any atom is 0.181 e. The summed E-state index contributed by atoms with van der Waals surface area (Å²) in [7, 11) is 0. The molecule has 0 unspecified atom stereocenters. The number of fused-ring (bicyclic) bond motifs is 1. The fourth-order valence-corrected chi connectivity index (χ4v) is 2.84. The maximum absolute atomic E-state index is 9.92. The summed E-state index contributed by atoms with van der Waals surface area (Å²) in [5.74, 6) is 6.11. The van der Waals surface area contributed by atoms with Crippen LogP contribution in [0, 0.1) is 11.8 Å². The van der Waals surface area contributed by atoms with Gasteiger partial charge in [-0.3, -0.25) is 0 Å². The number of hydrogen-bond acceptors (Lipinski definition) is 6. The maximum atomic E-state index is 9.92. The monoisotopic (exact) mass is 310 g/mol.